The Labute approximate surface area is 119 Å². The van der Waals surface area contributed by atoms with Gasteiger partial charge in [-0.05, 0) is 50.2 Å². The number of benzene rings is 1. The quantitative estimate of drug-likeness (QED) is 0.750. The van der Waals surface area contributed by atoms with Gasteiger partial charge in [-0.1, -0.05) is 0 Å². The van der Waals surface area contributed by atoms with Gasteiger partial charge in [0.1, 0.15) is 23.9 Å². The molecule has 4 nitrogen and oxygen atoms in total. The minimum atomic E-state index is 0.189. The second-order valence-corrected chi connectivity index (χ2v) is 4.44. The molecule has 20 heavy (non-hydrogen) atoms. The molecule has 1 unspecified atom stereocenters. The lowest BCUT2D eigenvalue weighted by Gasteiger charge is -2.12. The highest BCUT2D eigenvalue weighted by Crippen LogP contribution is 2.17. The van der Waals surface area contributed by atoms with E-state index in [0.717, 1.165) is 23.8 Å². The molecular weight excluding hydrogens is 254 g/mol. The van der Waals surface area contributed by atoms with E-state index in [1.807, 2.05) is 43.3 Å². The molecule has 0 amide bonds. The Hall–Kier alpha value is -1.94. The minimum absolute atomic E-state index is 0.189. The van der Waals surface area contributed by atoms with Crippen LogP contribution in [-0.4, -0.2) is 19.8 Å². The van der Waals surface area contributed by atoms with Crippen LogP contribution in [0.25, 0.3) is 0 Å². The number of hydrogen-bond donors (Lipinski definition) is 1. The standard InChI is InChI=1S/C16H21NO3/c1-3-18-14-6-8-15(9-7-14)19-12-10-17-13(2)16-5-4-11-20-16/h4-9,11,13,17H,3,10,12H2,1-2H3. The van der Waals surface area contributed by atoms with E-state index in [1.165, 1.54) is 0 Å². The number of ether oxygens (including phenoxy) is 2. The highest BCUT2D eigenvalue weighted by atomic mass is 16.5. The van der Waals surface area contributed by atoms with Gasteiger partial charge in [0.2, 0.25) is 0 Å². The highest BCUT2D eigenvalue weighted by Gasteiger charge is 2.06. The minimum Gasteiger partial charge on any atom is -0.494 e. The summed E-state index contributed by atoms with van der Waals surface area (Å²) in [7, 11) is 0. The summed E-state index contributed by atoms with van der Waals surface area (Å²) in [6, 6.07) is 11.7. The molecule has 1 aromatic carbocycles. The molecule has 108 valence electrons. The Morgan fingerprint density at radius 2 is 1.80 bits per heavy atom. The van der Waals surface area contributed by atoms with Crippen LogP contribution in [0.4, 0.5) is 0 Å². The van der Waals surface area contributed by atoms with Crippen LogP contribution in [-0.2, 0) is 0 Å². The average molecular weight is 275 g/mol. The fourth-order valence-electron chi connectivity index (χ4n) is 1.88. The molecule has 0 saturated carbocycles. The Balaban J connectivity index is 1.68. The van der Waals surface area contributed by atoms with Crippen molar-refractivity contribution < 1.29 is 13.9 Å². The van der Waals surface area contributed by atoms with Crippen molar-refractivity contribution in [3.05, 3.63) is 48.4 Å². The van der Waals surface area contributed by atoms with E-state index in [1.54, 1.807) is 6.26 Å². The topological polar surface area (TPSA) is 43.6 Å². The van der Waals surface area contributed by atoms with Gasteiger partial charge in [0.05, 0.1) is 18.9 Å². The molecule has 0 fully saturated rings. The highest BCUT2D eigenvalue weighted by molar-refractivity contribution is 5.31. The van der Waals surface area contributed by atoms with Gasteiger partial charge >= 0.3 is 0 Å². The molecule has 2 rings (SSSR count). The molecular formula is C16H21NO3. The van der Waals surface area contributed by atoms with Crippen molar-refractivity contribution in [2.75, 3.05) is 19.8 Å². The summed E-state index contributed by atoms with van der Waals surface area (Å²) < 4.78 is 16.4. The van der Waals surface area contributed by atoms with Crippen molar-refractivity contribution in [1.82, 2.24) is 5.32 Å². The molecule has 1 N–H and O–H groups in total. The second-order valence-electron chi connectivity index (χ2n) is 4.44. The average Bonchev–Trinajstić information content (AvgIpc) is 3.00. The zero-order chi connectivity index (χ0) is 14.2. The first-order chi connectivity index (χ1) is 9.79. The molecule has 0 radical (unpaired) electrons. The Morgan fingerprint density at radius 1 is 1.10 bits per heavy atom. The van der Waals surface area contributed by atoms with E-state index in [-0.39, 0.29) is 6.04 Å². The number of nitrogens with one attached hydrogen (secondary N) is 1. The maximum absolute atomic E-state index is 5.66. The van der Waals surface area contributed by atoms with Crippen LogP contribution in [0.1, 0.15) is 25.6 Å². The van der Waals surface area contributed by atoms with E-state index in [4.69, 9.17) is 13.9 Å². The molecule has 0 spiro atoms. The molecule has 0 bridgehead atoms. The zero-order valence-electron chi connectivity index (χ0n) is 12.0. The molecule has 1 heterocycles. The molecule has 4 heteroatoms. The first-order valence-electron chi connectivity index (χ1n) is 6.92. The van der Waals surface area contributed by atoms with E-state index < -0.39 is 0 Å². The molecule has 0 aliphatic rings. The van der Waals surface area contributed by atoms with Crippen molar-refractivity contribution in [2.24, 2.45) is 0 Å². The molecule has 0 aliphatic carbocycles. The van der Waals surface area contributed by atoms with E-state index in [0.29, 0.717) is 13.2 Å². The van der Waals surface area contributed by atoms with E-state index in [2.05, 4.69) is 12.2 Å². The van der Waals surface area contributed by atoms with E-state index in [9.17, 15) is 0 Å². The third kappa shape index (κ3) is 4.31. The Kier molecular flexibility index (Phi) is 5.50. The van der Waals surface area contributed by atoms with E-state index >= 15 is 0 Å². The largest absolute Gasteiger partial charge is 0.494 e. The first kappa shape index (κ1) is 14.5. The number of hydrogen-bond acceptors (Lipinski definition) is 4. The van der Waals surface area contributed by atoms with Crippen LogP contribution in [0.2, 0.25) is 0 Å². The van der Waals surface area contributed by atoms with Crippen molar-refractivity contribution in [3.8, 4) is 11.5 Å². The Morgan fingerprint density at radius 3 is 2.40 bits per heavy atom. The smallest absolute Gasteiger partial charge is 0.120 e. The third-order valence-electron chi connectivity index (χ3n) is 2.93. The van der Waals surface area contributed by atoms with Gasteiger partial charge in [-0.2, -0.15) is 0 Å². The molecule has 1 atom stereocenters. The van der Waals surface area contributed by atoms with Crippen LogP contribution in [0.5, 0.6) is 11.5 Å². The lowest BCUT2D eigenvalue weighted by Crippen LogP contribution is -2.24. The van der Waals surface area contributed by atoms with Crippen LogP contribution < -0.4 is 14.8 Å². The maximum Gasteiger partial charge on any atom is 0.120 e. The molecule has 0 aliphatic heterocycles. The summed E-state index contributed by atoms with van der Waals surface area (Å²) in [6.45, 7) is 6.08. The predicted octanol–water partition coefficient (Wildman–Crippen LogP) is 3.41. The van der Waals surface area contributed by atoms with Crippen molar-refractivity contribution in [3.63, 3.8) is 0 Å². The van der Waals surface area contributed by atoms with Gasteiger partial charge in [-0.3, -0.25) is 0 Å². The first-order valence-corrected chi connectivity index (χ1v) is 6.92. The van der Waals surface area contributed by atoms with Crippen LogP contribution in [0.3, 0.4) is 0 Å². The Bertz CT molecular complexity index is 479. The van der Waals surface area contributed by atoms with Gasteiger partial charge in [0.15, 0.2) is 0 Å². The van der Waals surface area contributed by atoms with Crippen molar-refractivity contribution in [1.29, 1.82) is 0 Å². The second kappa shape index (κ2) is 7.60. The van der Waals surface area contributed by atoms with Gasteiger partial charge in [0.25, 0.3) is 0 Å². The zero-order valence-corrected chi connectivity index (χ0v) is 12.0. The predicted molar refractivity (Wildman–Crippen MR) is 78.2 cm³/mol. The summed E-state index contributed by atoms with van der Waals surface area (Å²) in [4.78, 5) is 0. The molecule has 0 saturated heterocycles. The van der Waals surface area contributed by atoms with Crippen LogP contribution in [0.15, 0.2) is 47.1 Å². The summed E-state index contributed by atoms with van der Waals surface area (Å²) in [5, 5.41) is 3.34. The molecule has 2 aromatic rings. The lowest BCUT2D eigenvalue weighted by molar-refractivity contribution is 0.300. The molecule has 1 aromatic heterocycles. The fraction of sp³-hybridized carbons (Fsp3) is 0.375. The monoisotopic (exact) mass is 275 g/mol. The normalized spacial score (nSPS) is 12.1. The van der Waals surface area contributed by atoms with Gasteiger partial charge in [-0.15, -0.1) is 0 Å². The summed E-state index contributed by atoms with van der Waals surface area (Å²) in [5.41, 5.74) is 0. The maximum atomic E-state index is 5.66. The van der Waals surface area contributed by atoms with Gasteiger partial charge in [-0.25, -0.2) is 0 Å². The number of rotatable bonds is 8. The van der Waals surface area contributed by atoms with Gasteiger partial charge < -0.3 is 19.2 Å². The SMILES string of the molecule is CCOc1ccc(OCCNC(C)c2ccco2)cc1. The summed E-state index contributed by atoms with van der Waals surface area (Å²) >= 11 is 0. The summed E-state index contributed by atoms with van der Waals surface area (Å²) in [5.74, 6) is 2.65. The van der Waals surface area contributed by atoms with Gasteiger partial charge in [0, 0.05) is 6.54 Å². The van der Waals surface area contributed by atoms with Crippen LogP contribution in [0, 0.1) is 0 Å². The van der Waals surface area contributed by atoms with Crippen molar-refractivity contribution >= 4 is 0 Å². The summed E-state index contributed by atoms with van der Waals surface area (Å²) in [6.07, 6.45) is 1.68. The van der Waals surface area contributed by atoms with Crippen LogP contribution >= 0.6 is 0 Å². The third-order valence-corrected chi connectivity index (χ3v) is 2.93. The number of furan rings is 1. The fourth-order valence-corrected chi connectivity index (χ4v) is 1.88. The lowest BCUT2D eigenvalue weighted by atomic mass is 10.2. The van der Waals surface area contributed by atoms with Crippen molar-refractivity contribution in [2.45, 2.75) is 19.9 Å².